The Balaban J connectivity index is 1.21. The van der Waals surface area contributed by atoms with Gasteiger partial charge >= 0.3 is 0 Å². The zero-order chi connectivity index (χ0) is 53.2. The highest BCUT2D eigenvalue weighted by Gasteiger charge is 2.44. The smallest absolute Gasteiger partial charge is 0.252 e. The van der Waals surface area contributed by atoms with Gasteiger partial charge in [-0.2, -0.15) is 0 Å². The summed E-state index contributed by atoms with van der Waals surface area (Å²) in [6.45, 7) is 29.1. The van der Waals surface area contributed by atoms with Gasteiger partial charge in [0.15, 0.2) is 5.82 Å². The fourth-order valence-corrected chi connectivity index (χ4v) is 15.1. The van der Waals surface area contributed by atoms with E-state index in [2.05, 4.69) is 207 Å². The minimum absolute atomic E-state index is 0.0197. The molecule has 5 heteroatoms. The Hall–Kier alpha value is -6.46. The average Bonchev–Trinajstić information content (AvgIpc) is 4.20. The van der Waals surface area contributed by atoms with Crippen molar-refractivity contribution in [1.82, 2.24) is 19.1 Å². The molecule has 0 radical (unpaired) electrons. The second kappa shape index (κ2) is 17.0. The normalized spacial score (nSPS) is 16.4. The Morgan fingerprint density at radius 1 is 0.442 bits per heavy atom. The summed E-state index contributed by atoms with van der Waals surface area (Å²) in [5.41, 5.74) is 24.8. The van der Waals surface area contributed by atoms with Crippen LogP contribution in [0.3, 0.4) is 0 Å². The van der Waals surface area contributed by atoms with Crippen molar-refractivity contribution in [1.29, 1.82) is 0 Å². The van der Waals surface area contributed by atoms with Crippen LogP contribution in [-0.2, 0) is 21.7 Å². The van der Waals surface area contributed by atoms with Crippen LogP contribution in [0.2, 0.25) is 0 Å². The third-order valence-corrected chi connectivity index (χ3v) is 19.0. The number of nitrogens with zero attached hydrogens (tertiary/aromatic N) is 4. The molecule has 0 spiro atoms. The molecule has 4 nitrogen and oxygen atoms in total. The minimum Gasteiger partial charge on any atom is -0.310 e. The van der Waals surface area contributed by atoms with E-state index < -0.39 is 0 Å². The molecular formula is C72H77BN4. The van der Waals surface area contributed by atoms with E-state index in [9.17, 15) is 0 Å². The summed E-state index contributed by atoms with van der Waals surface area (Å²) >= 11 is 0. The summed E-state index contributed by atoms with van der Waals surface area (Å²) in [5.74, 6) is 1.82. The molecule has 388 valence electrons. The summed E-state index contributed by atoms with van der Waals surface area (Å²) in [6.07, 6.45) is 12.9. The molecule has 77 heavy (non-hydrogen) atoms. The van der Waals surface area contributed by atoms with Gasteiger partial charge < -0.3 is 9.13 Å². The molecular weight excluding hydrogens is 932 g/mol. The fourth-order valence-electron chi connectivity index (χ4n) is 15.1. The van der Waals surface area contributed by atoms with Crippen molar-refractivity contribution in [3.63, 3.8) is 0 Å². The maximum absolute atomic E-state index is 5.70. The zero-order valence-corrected chi connectivity index (χ0v) is 48.1. The number of hydrogen-bond acceptors (Lipinski definition) is 2. The molecule has 10 aromatic rings. The number of hydrogen-bond donors (Lipinski definition) is 0. The Labute approximate surface area is 457 Å². The standard InChI is InChI=1S/C72H77BN4/c1-69(2,3)46-38-51(71(7,8)9)62-56(40-46)76-58-36-45(68-74-55-31-23-22-30-50(55)65(75-68)44-28-20-15-21-29-44)37-59-64(58)73(53-34-32-48(60(62)66(53)76)42-24-16-13-17-25-42)54-35-33-49(43-26-18-14-19-27-43)61-63-52(72(10,11)12)39-47(70(4,5)6)41-57(63)77(59)67(54)61/h15,20-23,28-43H,13-14,16-19,24-27H2,1-12H3. The average molecular weight is 1010 g/mol. The van der Waals surface area contributed by atoms with Crippen molar-refractivity contribution in [3.05, 3.63) is 149 Å². The predicted octanol–water partition coefficient (Wildman–Crippen LogP) is 17.6. The lowest BCUT2D eigenvalue weighted by Crippen LogP contribution is -2.59. The van der Waals surface area contributed by atoms with Crippen LogP contribution < -0.4 is 16.4 Å². The van der Waals surface area contributed by atoms with E-state index in [1.165, 1.54) is 158 Å². The molecule has 0 saturated heterocycles. The molecule has 2 aliphatic carbocycles. The van der Waals surface area contributed by atoms with Gasteiger partial charge in [-0.3, -0.25) is 0 Å². The second-order valence-electron chi connectivity index (χ2n) is 28.3. The summed E-state index contributed by atoms with van der Waals surface area (Å²) in [7, 11) is 0. The van der Waals surface area contributed by atoms with Crippen molar-refractivity contribution in [2.24, 2.45) is 0 Å². The number of rotatable bonds is 4. The van der Waals surface area contributed by atoms with Gasteiger partial charge in [-0.05, 0) is 139 Å². The Kier molecular flexibility index (Phi) is 10.8. The van der Waals surface area contributed by atoms with Gasteiger partial charge in [0.1, 0.15) is 0 Å². The molecule has 3 aromatic heterocycles. The fraction of sp³-hybridized carbons (Fsp3) is 0.389. The predicted molar refractivity (Wildman–Crippen MR) is 330 cm³/mol. The van der Waals surface area contributed by atoms with E-state index in [0.717, 1.165) is 33.5 Å². The van der Waals surface area contributed by atoms with Crippen LogP contribution in [0.4, 0.5) is 0 Å². The van der Waals surface area contributed by atoms with Gasteiger partial charge in [-0.1, -0.05) is 207 Å². The van der Waals surface area contributed by atoms with E-state index in [1.807, 2.05) is 0 Å². The van der Waals surface area contributed by atoms with Crippen molar-refractivity contribution in [2.45, 2.75) is 181 Å². The zero-order valence-electron chi connectivity index (χ0n) is 48.1. The van der Waals surface area contributed by atoms with Gasteiger partial charge in [0.05, 0.1) is 22.2 Å². The Bertz CT molecular complexity index is 3890. The summed E-state index contributed by atoms with van der Waals surface area (Å²) in [5, 5.41) is 6.95. The van der Waals surface area contributed by atoms with Gasteiger partial charge in [0.25, 0.3) is 6.71 Å². The number of aromatic nitrogens is 4. The van der Waals surface area contributed by atoms with Crippen LogP contribution in [-0.4, -0.2) is 25.8 Å². The number of benzene rings is 7. The molecule has 0 amide bonds. The molecule has 4 aliphatic rings. The molecule has 2 aliphatic heterocycles. The maximum Gasteiger partial charge on any atom is 0.252 e. The Morgan fingerprint density at radius 3 is 1.38 bits per heavy atom. The van der Waals surface area contributed by atoms with Crippen molar-refractivity contribution < 1.29 is 0 Å². The topological polar surface area (TPSA) is 35.6 Å². The third-order valence-electron chi connectivity index (χ3n) is 19.0. The molecule has 7 aromatic carbocycles. The van der Waals surface area contributed by atoms with E-state index in [1.54, 1.807) is 11.1 Å². The molecule has 2 saturated carbocycles. The lowest BCUT2D eigenvalue weighted by atomic mass is 9.34. The van der Waals surface area contributed by atoms with Gasteiger partial charge in [-0.15, -0.1) is 0 Å². The molecule has 0 atom stereocenters. The molecule has 0 unspecified atom stereocenters. The largest absolute Gasteiger partial charge is 0.310 e. The van der Waals surface area contributed by atoms with Gasteiger partial charge in [-0.25, -0.2) is 9.97 Å². The first-order valence-corrected chi connectivity index (χ1v) is 29.6. The second-order valence-corrected chi connectivity index (χ2v) is 28.3. The summed E-state index contributed by atoms with van der Waals surface area (Å²) < 4.78 is 5.56. The van der Waals surface area contributed by atoms with Crippen molar-refractivity contribution in [3.8, 4) is 34.0 Å². The minimum atomic E-state index is -0.101. The summed E-state index contributed by atoms with van der Waals surface area (Å²) in [6, 6.07) is 45.3. The van der Waals surface area contributed by atoms with Crippen LogP contribution in [0.15, 0.2) is 115 Å². The molecule has 0 bridgehead atoms. The third kappa shape index (κ3) is 7.44. The first kappa shape index (κ1) is 48.9. The highest BCUT2D eigenvalue weighted by molar-refractivity contribution is 7.00. The van der Waals surface area contributed by atoms with E-state index >= 15 is 0 Å². The van der Waals surface area contributed by atoms with Crippen molar-refractivity contribution >= 4 is 77.6 Å². The van der Waals surface area contributed by atoms with Crippen LogP contribution in [0.1, 0.15) is 193 Å². The van der Waals surface area contributed by atoms with Crippen LogP contribution >= 0.6 is 0 Å². The Morgan fingerprint density at radius 2 is 0.909 bits per heavy atom. The monoisotopic (exact) mass is 1010 g/mol. The van der Waals surface area contributed by atoms with Gasteiger partial charge in [0.2, 0.25) is 0 Å². The lowest BCUT2D eigenvalue weighted by Gasteiger charge is -2.35. The van der Waals surface area contributed by atoms with Crippen LogP contribution in [0, 0.1) is 0 Å². The van der Waals surface area contributed by atoms with Gasteiger partial charge in [0, 0.05) is 60.5 Å². The van der Waals surface area contributed by atoms with E-state index in [0.29, 0.717) is 11.8 Å². The molecule has 5 heterocycles. The molecule has 14 rings (SSSR count). The highest BCUT2D eigenvalue weighted by Crippen LogP contribution is 2.51. The quantitative estimate of drug-likeness (QED) is 0.165. The van der Waals surface area contributed by atoms with Crippen LogP contribution in [0.25, 0.3) is 88.5 Å². The molecule has 2 fully saturated rings. The van der Waals surface area contributed by atoms with E-state index in [4.69, 9.17) is 9.97 Å². The lowest BCUT2D eigenvalue weighted by molar-refractivity contribution is 0.445. The number of para-hydroxylation sites is 1. The SMILES string of the molecule is CC(C)(C)c1cc(C(C)(C)C)c2c3c(C4CCCCC4)ccc4c3n(c2c1)-c1cc(-c2nc(-c3ccccc3)c3ccccc3n2)cc2c1B4c1ccc(C3CCCCC3)c3c4c(C(C)(C)C)cc(C(C)(C)C)cc4n-2c13. The van der Waals surface area contributed by atoms with Crippen molar-refractivity contribution in [2.75, 3.05) is 0 Å². The first-order chi connectivity index (χ1) is 36.8. The molecule has 0 N–H and O–H groups in total. The first-order valence-electron chi connectivity index (χ1n) is 29.6. The number of fused-ring (bicyclic) bond motifs is 11. The van der Waals surface area contributed by atoms with E-state index in [-0.39, 0.29) is 28.4 Å². The summed E-state index contributed by atoms with van der Waals surface area (Å²) in [4.78, 5) is 11.3. The van der Waals surface area contributed by atoms with Crippen LogP contribution in [0.5, 0.6) is 0 Å². The highest BCUT2D eigenvalue weighted by atomic mass is 15.0. The maximum atomic E-state index is 5.70.